The standard InChI is InChI=1S/C25H31N5O2/c1-17-9-7-11-19(15-17)26-24(32)29-14-8-10-18(16-29)22(31)28-23-27-20-12-5-6-13-21(20)30(23)25(2,3)4/h5-7,9,11-13,15,18H,8,10,14,16H2,1-4H3,(H,26,32)(H,27,28,31). The predicted octanol–water partition coefficient (Wildman–Crippen LogP) is 4.98. The van der Waals surface area contributed by atoms with Crippen molar-refractivity contribution < 1.29 is 9.59 Å². The molecular weight excluding hydrogens is 402 g/mol. The fraction of sp³-hybridized carbons (Fsp3) is 0.400. The van der Waals surface area contributed by atoms with Gasteiger partial charge in [-0.2, -0.15) is 0 Å². The summed E-state index contributed by atoms with van der Waals surface area (Å²) in [5.41, 5.74) is 3.44. The minimum absolute atomic E-state index is 0.0983. The number of urea groups is 1. The van der Waals surface area contributed by atoms with Gasteiger partial charge in [0.2, 0.25) is 11.9 Å². The van der Waals surface area contributed by atoms with Crippen LogP contribution in [0.15, 0.2) is 48.5 Å². The number of carbonyl (C=O) groups excluding carboxylic acids is 2. The largest absolute Gasteiger partial charge is 0.324 e. The molecule has 7 nitrogen and oxygen atoms in total. The number of nitrogens with one attached hydrogen (secondary N) is 2. The average Bonchev–Trinajstić information content (AvgIpc) is 3.12. The quantitative estimate of drug-likeness (QED) is 0.611. The lowest BCUT2D eigenvalue weighted by Crippen LogP contribution is -2.45. The number of aromatic nitrogens is 2. The van der Waals surface area contributed by atoms with Crippen molar-refractivity contribution in [1.29, 1.82) is 0 Å². The highest BCUT2D eigenvalue weighted by Gasteiger charge is 2.30. The van der Waals surface area contributed by atoms with Crippen LogP contribution in [0.5, 0.6) is 0 Å². The number of rotatable bonds is 3. The van der Waals surface area contributed by atoms with Crippen molar-refractivity contribution in [2.24, 2.45) is 5.92 Å². The van der Waals surface area contributed by atoms with Gasteiger partial charge in [0.1, 0.15) is 0 Å². The van der Waals surface area contributed by atoms with Crippen molar-refractivity contribution >= 4 is 34.6 Å². The second kappa shape index (κ2) is 8.65. The number of benzene rings is 2. The molecule has 0 aliphatic carbocycles. The monoisotopic (exact) mass is 433 g/mol. The number of amides is 3. The van der Waals surface area contributed by atoms with Gasteiger partial charge in [0, 0.05) is 24.3 Å². The first-order chi connectivity index (χ1) is 15.2. The number of hydrogen-bond acceptors (Lipinski definition) is 3. The molecule has 1 saturated heterocycles. The van der Waals surface area contributed by atoms with E-state index in [4.69, 9.17) is 0 Å². The Labute approximate surface area is 188 Å². The molecule has 3 amide bonds. The molecule has 1 aliphatic heterocycles. The van der Waals surface area contributed by atoms with Gasteiger partial charge in [-0.05, 0) is 70.4 Å². The zero-order valence-electron chi connectivity index (χ0n) is 19.2. The lowest BCUT2D eigenvalue weighted by molar-refractivity contribution is -0.121. The summed E-state index contributed by atoms with van der Waals surface area (Å²) in [6, 6.07) is 15.4. The number of fused-ring (bicyclic) bond motifs is 1. The number of aryl methyl sites for hydroxylation is 1. The first kappa shape index (κ1) is 21.9. The SMILES string of the molecule is Cc1cccc(NC(=O)N2CCCC(C(=O)Nc3nc4ccccc4n3C(C)(C)C)C2)c1. The average molecular weight is 434 g/mol. The Hall–Kier alpha value is -3.35. The van der Waals surface area contributed by atoms with Crippen LogP contribution < -0.4 is 10.6 Å². The summed E-state index contributed by atoms with van der Waals surface area (Å²) in [7, 11) is 0. The molecule has 7 heteroatoms. The Bertz CT molecular complexity index is 1140. The number of carbonyl (C=O) groups is 2. The van der Waals surface area contributed by atoms with Gasteiger partial charge in [-0.25, -0.2) is 9.78 Å². The van der Waals surface area contributed by atoms with Crippen LogP contribution in [0.25, 0.3) is 11.0 Å². The van der Waals surface area contributed by atoms with Crippen molar-refractivity contribution in [3.63, 3.8) is 0 Å². The van der Waals surface area contributed by atoms with Gasteiger partial charge in [0.15, 0.2) is 0 Å². The third-order valence-corrected chi connectivity index (χ3v) is 5.82. The molecule has 1 atom stereocenters. The normalized spacial score (nSPS) is 16.8. The molecule has 1 aliphatic rings. The number of hydrogen-bond donors (Lipinski definition) is 2. The first-order valence-corrected chi connectivity index (χ1v) is 11.1. The van der Waals surface area contributed by atoms with Crippen LogP contribution in [0.3, 0.4) is 0 Å². The van der Waals surface area contributed by atoms with Crippen LogP contribution in [0.4, 0.5) is 16.4 Å². The van der Waals surface area contributed by atoms with Crippen molar-refractivity contribution in [1.82, 2.24) is 14.5 Å². The second-order valence-corrected chi connectivity index (χ2v) is 9.50. The Morgan fingerprint density at radius 2 is 1.84 bits per heavy atom. The Morgan fingerprint density at radius 3 is 2.59 bits per heavy atom. The van der Waals surface area contributed by atoms with E-state index in [1.807, 2.05) is 55.5 Å². The van der Waals surface area contributed by atoms with E-state index in [1.165, 1.54) is 0 Å². The fourth-order valence-corrected chi connectivity index (χ4v) is 4.30. The van der Waals surface area contributed by atoms with E-state index in [1.54, 1.807) is 4.90 Å². The molecule has 0 saturated carbocycles. The minimum atomic E-state index is -0.278. The molecule has 0 bridgehead atoms. The van der Waals surface area contributed by atoms with Crippen molar-refractivity contribution in [3.8, 4) is 0 Å². The molecule has 2 aromatic carbocycles. The van der Waals surface area contributed by atoms with Crippen LogP contribution in [-0.2, 0) is 10.3 Å². The van der Waals surface area contributed by atoms with Crippen molar-refractivity contribution in [2.45, 2.75) is 46.1 Å². The maximum atomic E-state index is 13.2. The van der Waals surface area contributed by atoms with Crippen LogP contribution >= 0.6 is 0 Å². The van der Waals surface area contributed by atoms with Gasteiger partial charge in [0.25, 0.3) is 0 Å². The van der Waals surface area contributed by atoms with Gasteiger partial charge in [-0.3, -0.25) is 10.1 Å². The zero-order chi connectivity index (χ0) is 22.9. The first-order valence-electron chi connectivity index (χ1n) is 11.1. The Kier molecular flexibility index (Phi) is 5.91. The van der Waals surface area contributed by atoms with E-state index in [0.717, 1.165) is 35.1 Å². The number of piperidine rings is 1. The van der Waals surface area contributed by atoms with Crippen LogP contribution in [-0.4, -0.2) is 39.5 Å². The van der Waals surface area contributed by atoms with E-state index in [0.29, 0.717) is 19.0 Å². The highest BCUT2D eigenvalue weighted by molar-refractivity contribution is 5.94. The molecule has 1 aromatic heterocycles. The molecular formula is C25H31N5O2. The number of nitrogens with zero attached hydrogens (tertiary/aromatic N) is 3. The summed E-state index contributed by atoms with van der Waals surface area (Å²) in [6.07, 6.45) is 1.53. The molecule has 1 unspecified atom stereocenters. The summed E-state index contributed by atoms with van der Waals surface area (Å²) >= 11 is 0. The summed E-state index contributed by atoms with van der Waals surface area (Å²) in [5, 5.41) is 5.99. The molecule has 2 N–H and O–H groups in total. The second-order valence-electron chi connectivity index (χ2n) is 9.50. The van der Waals surface area contributed by atoms with Gasteiger partial charge < -0.3 is 14.8 Å². The minimum Gasteiger partial charge on any atom is -0.324 e. The lowest BCUT2D eigenvalue weighted by Gasteiger charge is -2.32. The summed E-state index contributed by atoms with van der Waals surface area (Å²) in [4.78, 5) is 32.3. The summed E-state index contributed by atoms with van der Waals surface area (Å²) in [5.74, 6) is 0.170. The number of para-hydroxylation sites is 2. The van der Waals surface area contributed by atoms with E-state index >= 15 is 0 Å². The molecule has 0 radical (unpaired) electrons. The Morgan fingerprint density at radius 1 is 1.06 bits per heavy atom. The van der Waals surface area contributed by atoms with E-state index in [2.05, 4.69) is 41.0 Å². The van der Waals surface area contributed by atoms with Gasteiger partial charge in [-0.1, -0.05) is 24.3 Å². The smallest absolute Gasteiger partial charge is 0.321 e. The molecule has 3 aromatic rings. The molecule has 2 heterocycles. The Balaban J connectivity index is 1.48. The number of imidazole rings is 1. The fourth-order valence-electron chi connectivity index (χ4n) is 4.30. The molecule has 1 fully saturated rings. The van der Waals surface area contributed by atoms with E-state index < -0.39 is 0 Å². The third kappa shape index (κ3) is 4.61. The third-order valence-electron chi connectivity index (χ3n) is 5.82. The zero-order valence-corrected chi connectivity index (χ0v) is 19.2. The van der Waals surface area contributed by atoms with Crippen molar-refractivity contribution in [2.75, 3.05) is 23.7 Å². The molecule has 4 rings (SSSR count). The molecule has 0 spiro atoms. The van der Waals surface area contributed by atoms with Gasteiger partial charge in [-0.15, -0.1) is 0 Å². The van der Waals surface area contributed by atoms with Gasteiger partial charge in [0.05, 0.1) is 17.0 Å². The van der Waals surface area contributed by atoms with Crippen LogP contribution in [0.2, 0.25) is 0 Å². The lowest BCUT2D eigenvalue weighted by atomic mass is 9.97. The number of likely N-dealkylation sites (tertiary alicyclic amines) is 1. The highest BCUT2D eigenvalue weighted by atomic mass is 16.2. The predicted molar refractivity (Wildman–Crippen MR) is 128 cm³/mol. The summed E-state index contributed by atoms with van der Waals surface area (Å²) in [6.45, 7) is 9.29. The number of anilines is 2. The van der Waals surface area contributed by atoms with E-state index in [9.17, 15) is 9.59 Å². The maximum absolute atomic E-state index is 13.2. The highest BCUT2D eigenvalue weighted by Crippen LogP contribution is 2.29. The van der Waals surface area contributed by atoms with Gasteiger partial charge >= 0.3 is 6.03 Å². The van der Waals surface area contributed by atoms with Crippen LogP contribution in [0.1, 0.15) is 39.2 Å². The van der Waals surface area contributed by atoms with Crippen LogP contribution in [0, 0.1) is 12.8 Å². The van der Waals surface area contributed by atoms with E-state index in [-0.39, 0.29) is 23.4 Å². The van der Waals surface area contributed by atoms with Crippen molar-refractivity contribution in [3.05, 3.63) is 54.1 Å². The summed E-state index contributed by atoms with van der Waals surface area (Å²) < 4.78 is 2.06. The molecule has 32 heavy (non-hydrogen) atoms. The topological polar surface area (TPSA) is 79.3 Å². The maximum Gasteiger partial charge on any atom is 0.321 e. The molecule has 168 valence electrons.